The van der Waals surface area contributed by atoms with E-state index in [-0.39, 0.29) is 11.2 Å². The van der Waals surface area contributed by atoms with Gasteiger partial charge in [-0.15, -0.1) is 11.6 Å². The largest absolute Gasteiger partial charge is 0.207 e. The van der Waals surface area contributed by atoms with Gasteiger partial charge in [0.1, 0.15) is 5.82 Å². The maximum atomic E-state index is 12.8. The van der Waals surface area contributed by atoms with Crippen LogP contribution in [0.15, 0.2) is 42.5 Å². The molecule has 0 N–H and O–H groups in total. The van der Waals surface area contributed by atoms with Crippen molar-refractivity contribution >= 4 is 45.8 Å². The molecule has 2 aromatic rings. The van der Waals surface area contributed by atoms with Gasteiger partial charge in [0.15, 0.2) is 0 Å². The molecule has 2 aromatic carbocycles. The minimum Gasteiger partial charge on any atom is -0.207 e. The van der Waals surface area contributed by atoms with Crippen molar-refractivity contribution in [3.05, 3.63) is 68.0 Å². The van der Waals surface area contributed by atoms with E-state index in [0.29, 0.717) is 5.02 Å². The molecule has 1 atom stereocenters. The summed E-state index contributed by atoms with van der Waals surface area (Å²) in [4.78, 5) is 0. The van der Waals surface area contributed by atoms with Gasteiger partial charge in [-0.2, -0.15) is 0 Å². The van der Waals surface area contributed by atoms with Gasteiger partial charge in [-0.25, -0.2) is 4.39 Å². The Morgan fingerprint density at radius 1 is 1.06 bits per heavy atom. The molecule has 0 fully saturated rings. The number of alkyl halides is 1. The van der Waals surface area contributed by atoms with Crippen LogP contribution in [0.25, 0.3) is 0 Å². The molecule has 0 amide bonds. The molecule has 4 heteroatoms. The van der Waals surface area contributed by atoms with Gasteiger partial charge in [0.25, 0.3) is 0 Å². The van der Waals surface area contributed by atoms with Crippen molar-refractivity contribution in [3.8, 4) is 0 Å². The Balaban J connectivity index is 2.39. The molecular weight excluding hydrogens is 373 g/mol. The summed E-state index contributed by atoms with van der Waals surface area (Å²) in [7, 11) is 0. The smallest absolute Gasteiger partial charge is 0.123 e. The van der Waals surface area contributed by atoms with E-state index < -0.39 is 0 Å². The minimum atomic E-state index is -0.318. The molecule has 2 rings (SSSR count). The molecule has 0 heterocycles. The van der Waals surface area contributed by atoms with Gasteiger partial charge in [-0.1, -0.05) is 23.7 Å². The molecule has 0 aromatic heterocycles. The van der Waals surface area contributed by atoms with Gasteiger partial charge in [-0.05, 0) is 64.0 Å². The van der Waals surface area contributed by atoms with Crippen LogP contribution in [-0.4, -0.2) is 0 Å². The molecule has 0 radical (unpaired) electrons. The lowest BCUT2D eigenvalue weighted by Gasteiger charge is -2.12. The quantitative estimate of drug-likeness (QED) is 0.482. The molecule has 0 aliphatic carbocycles. The highest BCUT2D eigenvalue weighted by molar-refractivity contribution is 14.1. The van der Waals surface area contributed by atoms with Crippen molar-refractivity contribution in [2.45, 2.75) is 5.38 Å². The van der Waals surface area contributed by atoms with Crippen molar-refractivity contribution in [1.82, 2.24) is 0 Å². The second-order valence-electron chi connectivity index (χ2n) is 3.58. The Morgan fingerprint density at radius 2 is 1.71 bits per heavy atom. The highest BCUT2D eigenvalue weighted by Crippen LogP contribution is 2.33. The Labute approximate surface area is 123 Å². The Kier molecular flexibility index (Phi) is 4.28. The van der Waals surface area contributed by atoms with Crippen molar-refractivity contribution in [2.75, 3.05) is 0 Å². The van der Waals surface area contributed by atoms with Gasteiger partial charge >= 0.3 is 0 Å². The zero-order valence-electron chi connectivity index (χ0n) is 8.63. The summed E-state index contributed by atoms with van der Waals surface area (Å²) in [5.74, 6) is -0.265. The maximum Gasteiger partial charge on any atom is 0.123 e. The fourth-order valence-electron chi connectivity index (χ4n) is 1.52. The summed E-state index contributed by atoms with van der Waals surface area (Å²) in [6, 6.07) is 11.8. The second kappa shape index (κ2) is 5.55. The third-order valence-electron chi connectivity index (χ3n) is 2.39. The van der Waals surface area contributed by atoms with Gasteiger partial charge in [-0.3, -0.25) is 0 Å². The number of benzene rings is 2. The molecule has 0 saturated carbocycles. The second-order valence-corrected chi connectivity index (χ2v) is 5.62. The van der Waals surface area contributed by atoms with Crippen molar-refractivity contribution in [2.24, 2.45) is 0 Å². The fraction of sp³-hybridized carbons (Fsp3) is 0.0769. The minimum absolute atomic E-state index is 0.265. The van der Waals surface area contributed by atoms with Crippen LogP contribution in [0, 0.1) is 9.39 Å². The Hall–Kier alpha value is -0.320. The topological polar surface area (TPSA) is 0 Å². The normalized spacial score (nSPS) is 12.5. The van der Waals surface area contributed by atoms with Crippen LogP contribution in [0.1, 0.15) is 16.5 Å². The van der Waals surface area contributed by atoms with E-state index in [2.05, 4.69) is 22.6 Å². The van der Waals surface area contributed by atoms with Crippen LogP contribution in [0.2, 0.25) is 5.02 Å². The van der Waals surface area contributed by atoms with Crippen LogP contribution in [0.5, 0.6) is 0 Å². The molecule has 0 aliphatic heterocycles. The molecule has 0 saturated heterocycles. The molecule has 1 unspecified atom stereocenters. The van der Waals surface area contributed by atoms with E-state index in [9.17, 15) is 4.39 Å². The molecule has 17 heavy (non-hydrogen) atoms. The molecule has 0 bridgehead atoms. The Bertz CT molecular complexity index is 525. The van der Waals surface area contributed by atoms with Crippen LogP contribution >= 0.6 is 45.8 Å². The fourth-order valence-corrected chi connectivity index (χ4v) is 2.86. The third kappa shape index (κ3) is 3.12. The first kappa shape index (κ1) is 13.1. The van der Waals surface area contributed by atoms with Crippen molar-refractivity contribution < 1.29 is 4.39 Å². The van der Waals surface area contributed by atoms with E-state index in [0.717, 1.165) is 14.7 Å². The standard InChI is InChI=1S/C13H8Cl2FI/c14-9-3-6-12(17)11(7-9)13(15)8-1-4-10(16)5-2-8/h1-7,13H. The predicted molar refractivity (Wildman–Crippen MR) is 78.3 cm³/mol. The molecule has 0 spiro atoms. The average molecular weight is 381 g/mol. The SMILES string of the molecule is Fc1ccc(C(Cl)c2cc(Cl)ccc2I)cc1. The lowest BCUT2D eigenvalue weighted by molar-refractivity contribution is 0.627. The molecule has 0 nitrogen and oxygen atoms in total. The van der Waals surface area contributed by atoms with Crippen LogP contribution in [0.4, 0.5) is 4.39 Å². The van der Waals surface area contributed by atoms with Crippen LogP contribution in [0.3, 0.4) is 0 Å². The van der Waals surface area contributed by atoms with Crippen molar-refractivity contribution in [1.29, 1.82) is 0 Å². The summed E-state index contributed by atoms with van der Waals surface area (Å²) in [5, 5.41) is 0.328. The summed E-state index contributed by atoms with van der Waals surface area (Å²) in [6.45, 7) is 0. The number of hydrogen-bond donors (Lipinski definition) is 0. The molecular formula is C13H8Cl2FI. The predicted octanol–water partition coefficient (Wildman–Crippen LogP) is 5.41. The summed E-state index contributed by atoms with van der Waals surface area (Å²) in [5.41, 5.74) is 1.79. The summed E-state index contributed by atoms with van der Waals surface area (Å²) in [6.07, 6.45) is 0. The van der Waals surface area contributed by atoms with Gasteiger partial charge in [0.05, 0.1) is 5.38 Å². The van der Waals surface area contributed by atoms with Crippen LogP contribution < -0.4 is 0 Å². The highest BCUT2D eigenvalue weighted by Gasteiger charge is 2.14. The van der Waals surface area contributed by atoms with E-state index in [4.69, 9.17) is 23.2 Å². The third-order valence-corrected chi connectivity index (χ3v) is 4.10. The lowest BCUT2D eigenvalue weighted by atomic mass is 10.0. The first-order valence-electron chi connectivity index (χ1n) is 4.92. The number of rotatable bonds is 2. The van der Waals surface area contributed by atoms with Gasteiger partial charge in [0.2, 0.25) is 0 Å². The van der Waals surface area contributed by atoms with Crippen LogP contribution in [-0.2, 0) is 0 Å². The molecule has 88 valence electrons. The highest BCUT2D eigenvalue weighted by atomic mass is 127. The number of halogens is 4. The zero-order chi connectivity index (χ0) is 12.4. The summed E-state index contributed by atoms with van der Waals surface area (Å²) < 4.78 is 13.9. The Morgan fingerprint density at radius 3 is 2.35 bits per heavy atom. The van der Waals surface area contributed by atoms with Gasteiger partial charge in [0, 0.05) is 8.59 Å². The van der Waals surface area contributed by atoms with E-state index in [1.54, 1.807) is 12.1 Å². The summed E-state index contributed by atoms with van der Waals surface area (Å²) >= 11 is 14.5. The zero-order valence-corrected chi connectivity index (χ0v) is 12.3. The van der Waals surface area contributed by atoms with Gasteiger partial charge < -0.3 is 0 Å². The molecule has 0 aliphatic rings. The van der Waals surface area contributed by atoms with E-state index >= 15 is 0 Å². The van der Waals surface area contributed by atoms with E-state index in [1.807, 2.05) is 18.2 Å². The van der Waals surface area contributed by atoms with E-state index in [1.165, 1.54) is 12.1 Å². The lowest BCUT2D eigenvalue weighted by Crippen LogP contribution is -1.96. The van der Waals surface area contributed by atoms with Crippen molar-refractivity contribution in [3.63, 3.8) is 0 Å². The average Bonchev–Trinajstić information content (AvgIpc) is 2.32. The first-order chi connectivity index (χ1) is 8.08. The first-order valence-corrected chi connectivity index (χ1v) is 6.82. The monoisotopic (exact) mass is 380 g/mol. The number of hydrogen-bond acceptors (Lipinski definition) is 0. The maximum absolute atomic E-state index is 12.8.